The Bertz CT molecular complexity index is 871. The van der Waals surface area contributed by atoms with E-state index in [4.69, 9.17) is 21.5 Å². The number of rotatable bonds is 4. The molecular weight excluding hydrogens is 347 g/mol. The molecule has 3 N–H and O–H groups in total. The highest BCUT2D eigenvalue weighted by molar-refractivity contribution is 7.89. The number of halogens is 2. The summed E-state index contributed by atoms with van der Waals surface area (Å²) >= 11 is 5.81. The van der Waals surface area contributed by atoms with Crippen molar-refractivity contribution in [3.8, 4) is 5.75 Å². The minimum atomic E-state index is -4.03. The van der Waals surface area contributed by atoms with Crippen molar-refractivity contribution in [3.63, 3.8) is 0 Å². The molecule has 23 heavy (non-hydrogen) atoms. The third-order valence-corrected chi connectivity index (χ3v) is 4.15. The smallest absolute Gasteiger partial charge is 0.257 e. The lowest BCUT2D eigenvalue weighted by Gasteiger charge is -2.11. The van der Waals surface area contributed by atoms with Crippen molar-refractivity contribution < 1.29 is 22.3 Å². The number of methoxy groups -OCH3 is 1. The lowest BCUT2D eigenvalue weighted by molar-refractivity contribution is 0.102. The number of amides is 1. The van der Waals surface area contributed by atoms with Crippen LogP contribution in [0.5, 0.6) is 5.75 Å². The maximum absolute atomic E-state index is 13.0. The molecule has 2 aromatic carbocycles. The quantitative estimate of drug-likeness (QED) is 0.876. The normalized spacial score (nSPS) is 11.1. The molecule has 122 valence electrons. The number of anilines is 1. The van der Waals surface area contributed by atoms with Crippen LogP contribution < -0.4 is 15.2 Å². The van der Waals surface area contributed by atoms with Crippen molar-refractivity contribution in [1.82, 2.24) is 0 Å². The van der Waals surface area contributed by atoms with Gasteiger partial charge in [0.05, 0.1) is 17.7 Å². The Hall–Kier alpha value is -2.16. The lowest BCUT2D eigenvalue weighted by Crippen LogP contribution is -2.16. The van der Waals surface area contributed by atoms with Crippen LogP contribution in [0.1, 0.15) is 10.4 Å². The van der Waals surface area contributed by atoms with Crippen LogP contribution in [0, 0.1) is 5.82 Å². The molecule has 0 heterocycles. The number of carbonyl (C=O) groups excluding carboxylic acids is 1. The molecule has 0 saturated heterocycles. The molecule has 6 nitrogen and oxygen atoms in total. The second-order valence-electron chi connectivity index (χ2n) is 4.49. The van der Waals surface area contributed by atoms with E-state index < -0.39 is 21.7 Å². The second-order valence-corrected chi connectivity index (χ2v) is 6.43. The second kappa shape index (κ2) is 6.53. The number of nitrogens with two attached hydrogens (primary N) is 1. The lowest BCUT2D eigenvalue weighted by atomic mass is 10.2. The topological polar surface area (TPSA) is 98.5 Å². The highest BCUT2D eigenvalue weighted by Gasteiger charge is 2.17. The number of carbonyl (C=O) groups is 1. The Morgan fingerprint density at radius 2 is 1.96 bits per heavy atom. The van der Waals surface area contributed by atoms with E-state index >= 15 is 0 Å². The van der Waals surface area contributed by atoms with E-state index in [1.54, 1.807) is 0 Å². The fraction of sp³-hybridized carbons (Fsp3) is 0.0714. The van der Waals surface area contributed by atoms with Gasteiger partial charge in [-0.2, -0.15) is 0 Å². The molecule has 0 unspecified atom stereocenters. The summed E-state index contributed by atoms with van der Waals surface area (Å²) in [6.07, 6.45) is 0. The molecule has 0 fully saturated rings. The van der Waals surface area contributed by atoms with Gasteiger partial charge in [-0.25, -0.2) is 17.9 Å². The maximum atomic E-state index is 13.0. The first-order chi connectivity index (χ1) is 10.7. The molecule has 9 heteroatoms. The Labute approximate surface area is 137 Å². The van der Waals surface area contributed by atoms with Crippen molar-refractivity contribution >= 4 is 33.2 Å². The fourth-order valence-electron chi connectivity index (χ4n) is 1.85. The van der Waals surface area contributed by atoms with Crippen molar-refractivity contribution in [2.75, 3.05) is 12.4 Å². The van der Waals surface area contributed by atoms with Gasteiger partial charge in [0, 0.05) is 5.69 Å². The summed E-state index contributed by atoms with van der Waals surface area (Å²) in [5.74, 6) is -1.15. The molecule has 0 aliphatic heterocycles. The van der Waals surface area contributed by atoms with E-state index in [1.807, 2.05) is 0 Å². The molecule has 0 saturated carbocycles. The van der Waals surface area contributed by atoms with Crippen LogP contribution in [-0.2, 0) is 10.0 Å². The molecular formula is C14H12ClFN2O4S. The van der Waals surface area contributed by atoms with Gasteiger partial charge in [0.1, 0.15) is 16.5 Å². The summed E-state index contributed by atoms with van der Waals surface area (Å²) in [6.45, 7) is 0. The number of ether oxygens (including phenoxy) is 1. The Morgan fingerprint density at radius 3 is 2.52 bits per heavy atom. The van der Waals surface area contributed by atoms with E-state index in [-0.39, 0.29) is 26.9 Å². The maximum Gasteiger partial charge on any atom is 0.257 e. The summed E-state index contributed by atoms with van der Waals surface area (Å²) < 4.78 is 41.0. The SMILES string of the molecule is COc1ccc(NC(=O)c2ccc(F)cc2Cl)cc1S(N)(=O)=O. The average molecular weight is 359 g/mol. The average Bonchev–Trinajstić information content (AvgIpc) is 2.46. The van der Waals surface area contributed by atoms with Crippen molar-refractivity contribution in [2.24, 2.45) is 5.14 Å². The van der Waals surface area contributed by atoms with E-state index in [9.17, 15) is 17.6 Å². The minimum Gasteiger partial charge on any atom is -0.495 e. The van der Waals surface area contributed by atoms with Crippen molar-refractivity contribution in [2.45, 2.75) is 4.90 Å². The predicted octanol–water partition coefficient (Wildman–Crippen LogP) is 2.39. The van der Waals surface area contributed by atoms with E-state index in [0.717, 1.165) is 18.2 Å². The summed E-state index contributed by atoms with van der Waals surface area (Å²) in [4.78, 5) is 11.9. The monoisotopic (exact) mass is 358 g/mol. The van der Waals surface area contributed by atoms with Gasteiger partial charge in [0.25, 0.3) is 5.91 Å². The molecule has 2 rings (SSSR count). The number of benzene rings is 2. The van der Waals surface area contributed by atoms with Crippen molar-refractivity contribution in [1.29, 1.82) is 0 Å². The van der Waals surface area contributed by atoms with Crippen molar-refractivity contribution in [3.05, 3.63) is 52.8 Å². The van der Waals surface area contributed by atoms with Gasteiger partial charge in [-0.05, 0) is 36.4 Å². The van der Waals surface area contributed by atoms with Crippen LogP contribution in [0.3, 0.4) is 0 Å². The van der Waals surface area contributed by atoms with Crippen LogP contribution in [0.15, 0.2) is 41.3 Å². The van der Waals surface area contributed by atoms with Crippen LogP contribution in [0.4, 0.5) is 10.1 Å². The molecule has 0 aliphatic rings. The molecule has 2 aromatic rings. The third-order valence-electron chi connectivity index (χ3n) is 2.90. The zero-order valence-corrected chi connectivity index (χ0v) is 13.4. The van der Waals surface area contributed by atoms with Crippen LogP contribution in [-0.4, -0.2) is 21.4 Å². The number of sulfonamides is 1. The first-order valence-electron chi connectivity index (χ1n) is 6.19. The van der Waals surface area contributed by atoms with E-state index in [2.05, 4.69) is 5.32 Å². The van der Waals surface area contributed by atoms with Gasteiger partial charge in [0.2, 0.25) is 10.0 Å². The summed E-state index contributed by atoms with van der Waals surface area (Å²) in [5.41, 5.74) is 0.209. The molecule has 0 spiro atoms. The first-order valence-corrected chi connectivity index (χ1v) is 8.12. The van der Waals surface area contributed by atoms with Crippen LogP contribution in [0.2, 0.25) is 5.02 Å². The first kappa shape index (κ1) is 17.2. The number of primary sulfonamides is 1. The summed E-state index contributed by atoms with van der Waals surface area (Å²) in [5, 5.41) is 7.50. The number of hydrogen-bond acceptors (Lipinski definition) is 4. The van der Waals surface area contributed by atoms with Gasteiger partial charge >= 0.3 is 0 Å². The van der Waals surface area contributed by atoms with Gasteiger partial charge in [0.15, 0.2) is 0 Å². The molecule has 0 bridgehead atoms. The predicted molar refractivity (Wildman–Crippen MR) is 83.7 cm³/mol. The molecule has 0 aliphatic carbocycles. The van der Waals surface area contributed by atoms with E-state index in [0.29, 0.717) is 0 Å². The summed E-state index contributed by atoms with van der Waals surface area (Å²) in [7, 11) is -2.74. The van der Waals surface area contributed by atoms with Gasteiger partial charge in [-0.3, -0.25) is 4.79 Å². The third kappa shape index (κ3) is 3.98. The fourth-order valence-corrected chi connectivity index (χ4v) is 2.82. The van der Waals surface area contributed by atoms with Crippen LogP contribution in [0.25, 0.3) is 0 Å². The summed E-state index contributed by atoms with van der Waals surface area (Å²) in [6, 6.07) is 7.25. The minimum absolute atomic E-state index is 0.0426. The van der Waals surface area contributed by atoms with Gasteiger partial charge < -0.3 is 10.1 Å². The Morgan fingerprint density at radius 1 is 1.26 bits per heavy atom. The standard InChI is InChI=1S/C14H12ClFN2O4S/c1-22-12-5-3-9(7-13(12)23(17,20)21)18-14(19)10-4-2-8(16)6-11(10)15/h2-7H,1H3,(H,18,19)(H2,17,20,21). The zero-order chi connectivity index (χ0) is 17.2. The molecule has 0 radical (unpaired) electrons. The largest absolute Gasteiger partial charge is 0.495 e. The highest BCUT2D eigenvalue weighted by Crippen LogP contribution is 2.27. The molecule has 1 amide bonds. The molecule has 0 atom stereocenters. The Kier molecular flexibility index (Phi) is 4.88. The van der Waals surface area contributed by atoms with E-state index in [1.165, 1.54) is 25.3 Å². The Balaban J connectivity index is 2.35. The zero-order valence-electron chi connectivity index (χ0n) is 11.8. The highest BCUT2D eigenvalue weighted by atomic mass is 35.5. The van der Waals surface area contributed by atoms with Gasteiger partial charge in [-0.15, -0.1) is 0 Å². The van der Waals surface area contributed by atoms with Gasteiger partial charge in [-0.1, -0.05) is 11.6 Å². The number of hydrogen-bond donors (Lipinski definition) is 2. The van der Waals surface area contributed by atoms with Crippen LogP contribution >= 0.6 is 11.6 Å². The number of nitrogens with one attached hydrogen (secondary N) is 1. The molecule has 0 aromatic heterocycles.